The zero-order valence-electron chi connectivity index (χ0n) is 11.5. The van der Waals surface area contributed by atoms with Crippen LogP contribution in [-0.4, -0.2) is 46.6 Å². The predicted octanol–water partition coefficient (Wildman–Crippen LogP) is 0.874. The lowest BCUT2D eigenvalue weighted by atomic mass is 9.89. The van der Waals surface area contributed by atoms with Gasteiger partial charge in [-0.3, -0.25) is 14.8 Å². The normalized spacial score (nSPS) is 29.9. The third kappa shape index (κ3) is 1.57. The van der Waals surface area contributed by atoms with Crippen LogP contribution in [0, 0.1) is 0 Å². The zero-order valence-corrected chi connectivity index (χ0v) is 11.5. The van der Waals surface area contributed by atoms with Gasteiger partial charge in [0, 0.05) is 38.4 Å². The van der Waals surface area contributed by atoms with E-state index in [0.717, 1.165) is 19.6 Å². The van der Waals surface area contributed by atoms with Crippen LogP contribution in [0.5, 0.6) is 0 Å². The van der Waals surface area contributed by atoms with Crippen molar-refractivity contribution in [2.45, 2.75) is 25.4 Å². The minimum absolute atomic E-state index is 0.183. The number of nitrogens with one attached hydrogen (secondary N) is 1. The molecule has 104 valence electrons. The summed E-state index contributed by atoms with van der Waals surface area (Å²) < 4.78 is 0. The van der Waals surface area contributed by atoms with Crippen molar-refractivity contribution in [3.8, 4) is 0 Å². The molecule has 1 N–H and O–H groups in total. The van der Waals surface area contributed by atoms with Crippen molar-refractivity contribution in [3.05, 3.63) is 41.2 Å². The van der Waals surface area contributed by atoms with Crippen LogP contribution in [0.15, 0.2) is 35.7 Å². The van der Waals surface area contributed by atoms with Gasteiger partial charge >= 0.3 is 0 Å². The second kappa shape index (κ2) is 4.40. The highest BCUT2D eigenvalue weighted by Crippen LogP contribution is 2.45. The average Bonchev–Trinajstić information content (AvgIpc) is 3.00. The molecular formula is C15H18N4O. The molecule has 1 aromatic rings. The van der Waals surface area contributed by atoms with Crippen molar-refractivity contribution < 1.29 is 4.79 Å². The Balaban J connectivity index is 1.85. The molecule has 0 saturated carbocycles. The summed E-state index contributed by atoms with van der Waals surface area (Å²) in [5, 5.41) is 7.62. The Morgan fingerprint density at radius 1 is 1.45 bits per heavy atom. The molecule has 3 aliphatic rings. The van der Waals surface area contributed by atoms with Crippen LogP contribution in [0.3, 0.4) is 0 Å². The lowest BCUT2D eigenvalue weighted by Crippen LogP contribution is -2.45. The van der Waals surface area contributed by atoms with Crippen molar-refractivity contribution in [2.24, 2.45) is 0 Å². The Labute approximate surface area is 118 Å². The van der Waals surface area contributed by atoms with Gasteiger partial charge in [-0.1, -0.05) is 11.6 Å². The SMILES string of the molecule is CC1=C2[C@@H](CNC1)N1C(=O)CCN1[C@@H]2c1cccnc1. The smallest absolute Gasteiger partial charge is 0.238 e. The van der Waals surface area contributed by atoms with Gasteiger partial charge in [-0.2, -0.15) is 0 Å². The molecule has 5 heteroatoms. The summed E-state index contributed by atoms with van der Waals surface area (Å²) >= 11 is 0. The molecule has 3 aliphatic heterocycles. The Morgan fingerprint density at radius 2 is 2.35 bits per heavy atom. The van der Waals surface area contributed by atoms with Crippen LogP contribution in [0.25, 0.3) is 0 Å². The molecule has 1 amide bonds. The first kappa shape index (κ1) is 12.1. The predicted molar refractivity (Wildman–Crippen MR) is 74.5 cm³/mol. The minimum Gasteiger partial charge on any atom is -0.311 e. The number of nitrogens with zero attached hydrogens (tertiary/aromatic N) is 3. The number of hydrazine groups is 1. The van der Waals surface area contributed by atoms with Crippen molar-refractivity contribution in [1.29, 1.82) is 0 Å². The average molecular weight is 270 g/mol. The zero-order chi connectivity index (χ0) is 13.7. The fraction of sp³-hybridized carbons (Fsp3) is 0.467. The Hall–Kier alpha value is -1.72. The van der Waals surface area contributed by atoms with E-state index < -0.39 is 0 Å². The summed E-state index contributed by atoms with van der Waals surface area (Å²) in [5.74, 6) is 0.246. The van der Waals surface area contributed by atoms with E-state index in [9.17, 15) is 4.79 Å². The quantitative estimate of drug-likeness (QED) is 0.769. The van der Waals surface area contributed by atoms with Gasteiger partial charge in [-0.05, 0) is 24.1 Å². The molecule has 2 saturated heterocycles. The molecule has 4 heterocycles. The van der Waals surface area contributed by atoms with E-state index in [1.165, 1.54) is 16.7 Å². The van der Waals surface area contributed by atoms with Gasteiger partial charge in [-0.15, -0.1) is 0 Å². The summed E-state index contributed by atoms with van der Waals surface area (Å²) in [5.41, 5.74) is 3.94. The van der Waals surface area contributed by atoms with E-state index in [4.69, 9.17) is 0 Å². The highest BCUT2D eigenvalue weighted by atomic mass is 16.2. The summed E-state index contributed by atoms with van der Waals surface area (Å²) in [6, 6.07) is 4.46. The van der Waals surface area contributed by atoms with Gasteiger partial charge in [0.2, 0.25) is 5.91 Å². The first-order valence-corrected chi connectivity index (χ1v) is 7.16. The maximum Gasteiger partial charge on any atom is 0.238 e. The maximum absolute atomic E-state index is 12.2. The van der Waals surface area contributed by atoms with Crippen LogP contribution < -0.4 is 5.32 Å². The van der Waals surface area contributed by atoms with E-state index in [0.29, 0.717) is 6.42 Å². The van der Waals surface area contributed by atoms with Crippen LogP contribution >= 0.6 is 0 Å². The number of carbonyl (C=O) groups is 1. The molecule has 2 atom stereocenters. The van der Waals surface area contributed by atoms with E-state index in [2.05, 4.69) is 28.3 Å². The number of pyridine rings is 1. The largest absolute Gasteiger partial charge is 0.311 e. The molecule has 2 fully saturated rings. The fourth-order valence-corrected chi connectivity index (χ4v) is 3.76. The van der Waals surface area contributed by atoms with Crippen LogP contribution in [0.2, 0.25) is 0 Å². The molecule has 1 aromatic heterocycles. The first-order chi connectivity index (χ1) is 9.77. The van der Waals surface area contributed by atoms with Gasteiger partial charge < -0.3 is 5.32 Å². The molecule has 0 radical (unpaired) electrons. The second-order valence-electron chi connectivity index (χ2n) is 5.72. The third-order valence-electron chi connectivity index (χ3n) is 4.55. The Morgan fingerprint density at radius 3 is 3.15 bits per heavy atom. The van der Waals surface area contributed by atoms with E-state index in [1.807, 2.05) is 17.3 Å². The molecule has 20 heavy (non-hydrogen) atoms. The molecule has 0 aliphatic carbocycles. The number of hydrogen-bond acceptors (Lipinski definition) is 4. The second-order valence-corrected chi connectivity index (χ2v) is 5.72. The summed E-state index contributed by atoms with van der Waals surface area (Å²) in [6.45, 7) is 4.75. The topological polar surface area (TPSA) is 48.5 Å². The van der Waals surface area contributed by atoms with Gasteiger partial charge in [0.1, 0.15) is 0 Å². The van der Waals surface area contributed by atoms with Crippen molar-refractivity contribution in [2.75, 3.05) is 19.6 Å². The minimum atomic E-state index is 0.183. The maximum atomic E-state index is 12.2. The highest BCUT2D eigenvalue weighted by Gasteiger charge is 2.50. The van der Waals surface area contributed by atoms with E-state index >= 15 is 0 Å². The molecule has 4 rings (SSSR count). The molecule has 0 spiro atoms. The van der Waals surface area contributed by atoms with Gasteiger partial charge in [0.15, 0.2) is 0 Å². The first-order valence-electron chi connectivity index (χ1n) is 7.16. The lowest BCUT2D eigenvalue weighted by Gasteiger charge is -2.28. The van der Waals surface area contributed by atoms with Crippen LogP contribution in [0.4, 0.5) is 0 Å². The Kier molecular flexibility index (Phi) is 2.65. The van der Waals surface area contributed by atoms with Crippen LogP contribution in [-0.2, 0) is 4.79 Å². The molecule has 0 aromatic carbocycles. The monoisotopic (exact) mass is 270 g/mol. The van der Waals surface area contributed by atoms with Crippen LogP contribution in [0.1, 0.15) is 24.9 Å². The van der Waals surface area contributed by atoms with E-state index in [-0.39, 0.29) is 18.0 Å². The van der Waals surface area contributed by atoms with Crippen molar-refractivity contribution in [1.82, 2.24) is 20.3 Å². The third-order valence-corrected chi connectivity index (χ3v) is 4.55. The Bertz CT molecular complexity index is 583. The van der Waals surface area contributed by atoms with Gasteiger partial charge in [0.25, 0.3) is 0 Å². The number of aromatic nitrogens is 1. The molecule has 5 nitrogen and oxygen atoms in total. The highest BCUT2D eigenvalue weighted by molar-refractivity contribution is 5.79. The summed E-state index contributed by atoms with van der Waals surface area (Å²) in [6.07, 6.45) is 4.35. The fourth-order valence-electron chi connectivity index (χ4n) is 3.76. The van der Waals surface area contributed by atoms with E-state index in [1.54, 1.807) is 6.20 Å². The number of rotatable bonds is 1. The number of fused-ring (bicyclic) bond motifs is 3. The summed E-state index contributed by atoms with van der Waals surface area (Å²) in [4.78, 5) is 16.5. The van der Waals surface area contributed by atoms with Crippen molar-refractivity contribution >= 4 is 5.91 Å². The lowest BCUT2D eigenvalue weighted by molar-refractivity contribution is -0.138. The van der Waals surface area contributed by atoms with Gasteiger partial charge in [0.05, 0.1) is 12.1 Å². The number of carbonyl (C=O) groups excluding carboxylic acids is 1. The molecule has 0 unspecified atom stereocenters. The standard InChI is InChI=1S/C15H18N4O/c1-10-7-17-9-12-14(10)15(11-3-2-5-16-8-11)18-6-4-13(20)19(12)18/h2-3,5,8,12,15,17H,4,6-7,9H2,1H3/t12-,15-/m1/s1. The molecular weight excluding hydrogens is 252 g/mol. The summed E-state index contributed by atoms with van der Waals surface area (Å²) in [7, 11) is 0. The van der Waals surface area contributed by atoms with Gasteiger partial charge in [-0.25, -0.2) is 5.01 Å². The number of hydrogen-bond donors (Lipinski definition) is 1. The molecule has 0 bridgehead atoms. The number of amides is 1. The van der Waals surface area contributed by atoms with Crippen molar-refractivity contribution in [3.63, 3.8) is 0 Å².